The van der Waals surface area contributed by atoms with Gasteiger partial charge in [0.15, 0.2) is 0 Å². The average molecular weight is 358 g/mol. The molecule has 0 spiro atoms. The fourth-order valence-corrected chi connectivity index (χ4v) is 3.29. The number of hydrogen-bond donors (Lipinski definition) is 1. The number of nitrogens with one attached hydrogen (secondary N) is 1. The Morgan fingerprint density at radius 3 is 2.35 bits per heavy atom. The smallest absolute Gasteiger partial charge is 0.0640 e. The fourth-order valence-electron chi connectivity index (χ4n) is 2.87. The maximum atomic E-state index is 6.40. The molecule has 0 bridgehead atoms. The minimum absolute atomic E-state index is 0. The number of piperazine rings is 1. The topological polar surface area (TPSA) is 15.3 Å². The van der Waals surface area contributed by atoms with Crippen LogP contribution in [0.3, 0.4) is 0 Å². The average Bonchev–Trinajstić information content (AvgIpc) is 3.21. The normalized spacial score (nSPS) is 20.7. The summed E-state index contributed by atoms with van der Waals surface area (Å²) in [5.74, 6) is 0.763. The standard InChI is InChI=1S/C14H18Cl2N2.2ClH/c15-12-3-1-2-11(13(12)16)14(10-4-5-10)18-8-6-17-7-9-18;;/h1-3,10,14,17H,4-9H2;2*1H/t14-;;/m1../s1. The summed E-state index contributed by atoms with van der Waals surface area (Å²) in [6.45, 7) is 4.34. The first kappa shape index (κ1) is 18.3. The van der Waals surface area contributed by atoms with Crippen LogP contribution in [0.5, 0.6) is 0 Å². The number of nitrogens with zero attached hydrogens (tertiary/aromatic N) is 1. The van der Waals surface area contributed by atoms with Gasteiger partial charge in [0.2, 0.25) is 0 Å². The summed E-state index contributed by atoms with van der Waals surface area (Å²) in [6.07, 6.45) is 2.63. The van der Waals surface area contributed by atoms with Gasteiger partial charge >= 0.3 is 0 Å². The van der Waals surface area contributed by atoms with Gasteiger partial charge in [-0.05, 0) is 30.4 Å². The number of halogens is 4. The molecule has 1 N–H and O–H groups in total. The van der Waals surface area contributed by atoms with Crippen LogP contribution in [-0.4, -0.2) is 31.1 Å². The predicted molar refractivity (Wildman–Crippen MR) is 90.9 cm³/mol. The van der Waals surface area contributed by atoms with Gasteiger partial charge in [-0.15, -0.1) is 24.8 Å². The molecule has 2 aliphatic rings. The summed E-state index contributed by atoms with van der Waals surface area (Å²) >= 11 is 12.6. The van der Waals surface area contributed by atoms with Gasteiger partial charge in [0.25, 0.3) is 0 Å². The van der Waals surface area contributed by atoms with Crippen molar-refractivity contribution in [2.45, 2.75) is 18.9 Å². The highest BCUT2D eigenvalue weighted by atomic mass is 35.5. The van der Waals surface area contributed by atoms with Gasteiger partial charge in [0, 0.05) is 32.2 Å². The van der Waals surface area contributed by atoms with Crippen LogP contribution in [0.1, 0.15) is 24.4 Å². The highest BCUT2D eigenvalue weighted by molar-refractivity contribution is 6.42. The van der Waals surface area contributed by atoms with E-state index in [9.17, 15) is 0 Å². The first-order valence-corrected chi connectivity index (χ1v) is 7.41. The van der Waals surface area contributed by atoms with E-state index in [1.54, 1.807) is 0 Å². The Morgan fingerprint density at radius 2 is 1.75 bits per heavy atom. The van der Waals surface area contributed by atoms with Gasteiger partial charge < -0.3 is 5.32 Å². The van der Waals surface area contributed by atoms with Gasteiger partial charge in [-0.2, -0.15) is 0 Å². The Kier molecular flexibility index (Phi) is 7.40. The van der Waals surface area contributed by atoms with E-state index in [2.05, 4.69) is 16.3 Å². The SMILES string of the molecule is Cl.Cl.Clc1cccc([C@@H](C2CC2)N2CCNCC2)c1Cl. The fraction of sp³-hybridized carbons (Fsp3) is 0.571. The molecule has 6 heteroatoms. The molecule has 1 aliphatic carbocycles. The monoisotopic (exact) mass is 356 g/mol. The van der Waals surface area contributed by atoms with Gasteiger partial charge in [0.05, 0.1) is 10.0 Å². The van der Waals surface area contributed by atoms with E-state index in [1.807, 2.05) is 12.1 Å². The van der Waals surface area contributed by atoms with Crippen molar-refractivity contribution in [1.29, 1.82) is 0 Å². The number of benzene rings is 1. The summed E-state index contributed by atoms with van der Waals surface area (Å²) in [6, 6.07) is 6.48. The molecule has 2 fully saturated rings. The molecule has 1 aromatic rings. The maximum absolute atomic E-state index is 6.40. The van der Waals surface area contributed by atoms with Gasteiger partial charge in [-0.25, -0.2) is 0 Å². The first-order chi connectivity index (χ1) is 8.77. The molecule has 20 heavy (non-hydrogen) atoms. The largest absolute Gasteiger partial charge is 0.314 e. The number of hydrogen-bond acceptors (Lipinski definition) is 2. The molecule has 0 unspecified atom stereocenters. The van der Waals surface area contributed by atoms with Crippen molar-refractivity contribution in [3.8, 4) is 0 Å². The van der Waals surface area contributed by atoms with E-state index in [0.717, 1.165) is 37.1 Å². The van der Waals surface area contributed by atoms with Crippen LogP contribution in [-0.2, 0) is 0 Å². The summed E-state index contributed by atoms with van der Waals surface area (Å²) in [5.41, 5.74) is 1.22. The van der Waals surface area contributed by atoms with E-state index >= 15 is 0 Å². The predicted octanol–water partition coefficient (Wildman–Crippen LogP) is 4.19. The zero-order chi connectivity index (χ0) is 12.5. The molecule has 1 aromatic carbocycles. The quantitative estimate of drug-likeness (QED) is 0.872. The molecule has 3 rings (SSSR count). The second kappa shape index (κ2) is 8.07. The number of rotatable bonds is 3. The molecule has 1 saturated heterocycles. The van der Waals surface area contributed by atoms with E-state index in [4.69, 9.17) is 23.2 Å². The van der Waals surface area contributed by atoms with Gasteiger partial charge in [0.1, 0.15) is 0 Å². The summed E-state index contributed by atoms with van der Waals surface area (Å²) in [7, 11) is 0. The molecular weight excluding hydrogens is 338 g/mol. The van der Waals surface area contributed by atoms with Crippen molar-refractivity contribution < 1.29 is 0 Å². The van der Waals surface area contributed by atoms with Crippen LogP contribution in [0, 0.1) is 5.92 Å². The van der Waals surface area contributed by atoms with Crippen molar-refractivity contribution in [2.24, 2.45) is 5.92 Å². The third-order valence-corrected chi connectivity index (χ3v) is 4.75. The summed E-state index contributed by atoms with van der Waals surface area (Å²) < 4.78 is 0. The lowest BCUT2D eigenvalue weighted by Crippen LogP contribution is -2.45. The third-order valence-electron chi connectivity index (χ3n) is 3.91. The molecule has 1 heterocycles. The Hall–Kier alpha value is 0.300. The Morgan fingerprint density at radius 1 is 1.10 bits per heavy atom. The zero-order valence-electron chi connectivity index (χ0n) is 11.1. The summed E-state index contributed by atoms with van der Waals surface area (Å²) in [4.78, 5) is 2.56. The molecule has 1 saturated carbocycles. The minimum atomic E-state index is 0. The van der Waals surface area contributed by atoms with Gasteiger partial charge in [-0.1, -0.05) is 35.3 Å². The molecule has 114 valence electrons. The van der Waals surface area contributed by atoms with E-state index in [0.29, 0.717) is 11.1 Å². The van der Waals surface area contributed by atoms with E-state index < -0.39 is 0 Å². The lowest BCUT2D eigenvalue weighted by molar-refractivity contribution is 0.156. The molecule has 0 radical (unpaired) electrons. The van der Waals surface area contributed by atoms with Crippen LogP contribution >= 0.6 is 48.0 Å². The van der Waals surface area contributed by atoms with Gasteiger partial charge in [-0.3, -0.25) is 4.90 Å². The van der Waals surface area contributed by atoms with Crippen LogP contribution in [0.15, 0.2) is 18.2 Å². The van der Waals surface area contributed by atoms with Crippen LogP contribution in [0.2, 0.25) is 10.0 Å². The van der Waals surface area contributed by atoms with E-state index in [1.165, 1.54) is 18.4 Å². The molecular formula is C14H20Cl4N2. The minimum Gasteiger partial charge on any atom is -0.314 e. The van der Waals surface area contributed by atoms with Crippen molar-refractivity contribution in [3.05, 3.63) is 33.8 Å². The molecule has 0 amide bonds. The third kappa shape index (κ3) is 3.94. The first-order valence-electron chi connectivity index (χ1n) is 6.66. The van der Waals surface area contributed by atoms with Crippen molar-refractivity contribution in [1.82, 2.24) is 10.2 Å². The zero-order valence-corrected chi connectivity index (χ0v) is 14.3. The Balaban J connectivity index is 0.000001000. The Bertz CT molecular complexity index is 431. The molecule has 1 atom stereocenters. The highest BCUT2D eigenvalue weighted by Gasteiger charge is 2.37. The Labute approximate surface area is 143 Å². The van der Waals surface area contributed by atoms with Crippen LogP contribution < -0.4 is 5.32 Å². The lowest BCUT2D eigenvalue weighted by atomic mass is 9.99. The maximum Gasteiger partial charge on any atom is 0.0640 e. The highest BCUT2D eigenvalue weighted by Crippen LogP contribution is 2.47. The van der Waals surface area contributed by atoms with Crippen molar-refractivity contribution in [3.63, 3.8) is 0 Å². The summed E-state index contributed by atoms with van der Waals surface area (Å²) in [5, 5.41) is 4.83. The van der Waals surface area contributed by atoms with Crippen molar-refractivity contribution in [2.75, 3.05) is 26.2 Å². The van der Waals surface area contributed by atoms with Crippen LogP contribution in [0.4, 0.5) is 0 Å². The van der Waals surface area contributed by atoms with Crippen molar-refractivity contribution >= 4 is 48.0 Å². The molecule has 2 nitrogen and oxygen atoms in total. The molecule has 0 aromatic heterocycles. The lowest BCUT2D eigenvalue weighted by Gasteiger charge is -2.36. The second-order valence-electron chi connectivity index (χ2n) is 5.21. The van der Waals surface area contributed by atoms with Crippen LogP contribution in [0.25, 0.3) is 0 Å². The molecule has 1 aliphatic heterocycles. The van der Waals surface area contributed by atoms with E-state index in [-0.39, 0.29) is 24.8 Å². The second-order valence-corrected chi connectivity index (χ2v) is 6.00.